The first kappa shape index (κ1) is 10.4. The van der Waals surface area contributed by atoms with Crippen molar-refractivity contribution in [1.82, 2.24) is 0 Å². The summed E-state index contributed by atoms with van der Waals surface area (Å²) < 4.78 is 0. The summed E-state index contributed by atoms with van der Waals surface area (Å²) in [7, 11) is 0. The van der Waals surface area contributed by atoms with Gasteiger partial charge in [-0.1, -0.05) is 30.3 Å². The number of carboxylic acids is 1. The van der Waals surface area contributed by atoms with Gasteiger partial charge in [-0.15, -0.1) is 0 Å². The normalized spacial score (nSPS) is 12.9. The molecule has 0 heterocycles. The molecule has 0 saturated heterocycles. The maximum absolute atomic E-state index is 10.8. The van der Waals surface area contributed by atoms with E-state index in [4.69, 9.17) is 5.11 Å². The van der Waals surface area contributed by atoms with Crippen LogP contribution in [0.25, 0.3) is 0 Å². The van der Waals surface area contributed by atoms with Crippen LogP contribution in [0.4, 0.5) is 0 Å². The number of aliphatic carboxylic acids is 1. The van der Waals surface area contributed by atoms with Gasteiger partial charge in [-0.25, -0.2) is 4.79 Å². The fraction of sp³-hybridized carbons (Fsp3) is 0.273. The van der Waals surface area contributed by atoms with Crippen LogP contribution in [0.5, 0.6) is 0 Å². The lowest BCUT2D eigenvalue weighted by atomic mass is 10.1. The van der Waals surface area contributed by atoms with Gasteiger partial charge in [-0.05, 0) is 18.7 Å². The zero-order valence-electron chi connectivity index (χ0n) is 8.05. The van der Waals surface area contributed by atoms with Gasteiger partial charge < -0.3 is 5.11 Å². The van der Waals surface area contributed by atoms with Crippen LogP contribution >= 0.6 is 0 Å². The monoisotopic (exact) mass is 191 g/mol. The number of aliphatic imine (C=N–C) groups is 1. The van der Waals surface area contributed by atoms with Gasteiger partial charge in [0.25, 0.3) is 0 Å². The lowest BCUT2D eigenvalue weighted by Crippen LogP contribution is -2.20. The molecular formula is C11H13NO2. The second-order valence-corrected chi connectivity index (χ2v) is 2.95. The third kappa shape index (κ3) is 3.01. The van der Waals surface area contributed by atoms with E-state index in [0.29, 0.717) is 6.42 Å². The molecule has 0 aliphatic rings. The van der Waals surface area contributed by atoms with Crippen LogP contribution in [0.1, 0.15) is 12.5 Å². The Morgan fingerprint density at radius 2 is 2.14 bits per heavy atom. The average Bonchev–Trinajstić information content (AvgIpc) is 2.18. The van der Waals surface area contributed by atoms with E-state index < -0.39 is 12.0 Å². The first-order chi connectivity index (χ1) is 6.74. The van der Waals surface area contributed by atoms with Crippen molar-refractivity contribution in [3.8, 4) is 0 Å². The third-order valence-corrected chi connectivity index (χ3v) is 1.89. The van der Waals surface area contributed by atoms with Crippen molar-refractivity contribution in [2.75, 3.05) is 0 Å². The molecule has 0 spiro atoms. The second-order valence-electron chi connectivity index (χ2n) is 2.95. The van der Waals surface area contributed by atoms with Crippen molar-refractivity contribution in [2.24, 2.45) is 4.99 Å². The first-order valence-electron chi connectivity index (χ1n) is 4.48. The third-order valence-electron chi connectivity index (χ3n) is 1.89. The molecule has 0 fully saturated rings. The quantitative estimate of drug-likeness (QED) is 0.737. The summed E-state index contributed by atoms with van der Waals surface area (Å²) in [6, 6.07) is 8.83. The van der Waals surface area contributed by atoms with Gasteiger partial charge in [0.05, 0.1) is 0 Å². The van der Waals surface area contributed by atoms with Gasteiger partial charge in [-0.3, -0.25) is 4.99 Å². The first-order valence-corrected chi connectivity index (χ1v) is 4.48. The topological polar surface area (TPSA) is 49.7 Å². The molecule has 3 nitrogen and oxygen atoms in total. The largest absolute Gasteiger partial charge is 0.480 e. The van der Waals surface area contributed by atoms with E-state index in [1.807, 2.05) is 30.3 Å². The molecule has 0 saturated carbocycles. The van der Waals surface area contributed by atoms with Crippen molar-refractivity contribution in [1.29, 1.82) is 0 Å². The standard InChI is InChI=1S/C11H13NO2/c1-2-12-10(11(13)14)8-9-6-4-3-5-7-9/h2-7,10H,8H2,1H3,(H,13,14)/t10-/m0/s1. The number of carboxylic acid groups (broad SMARTS) is 1. The molecule has 14 heavy (non-hydrogen) atoms. The summed E-state index contributed by atoms with van der Waals surface area (Å²) >= 11 is 0. The van der Waals surface area contributed by atoms with Gasteiger partial charge in [-0.2, -0.15) is 0 Å². The van der Waals surface area contributed by atoms with Crippen LogP contribution in [0.3, 0.4) is 0 Å². The van der Waals surface area contributed by atoms with Crippen LogP contribution in [-0.4, -0.2) is 23.3 Å². The number of nitrogens with zero attached hydrogens (tertiary/aromatic N) is 1. The molecule has 1 N–H and O–H groups in total. The van der Waals surface area contributed by atoms with Crippen molar-refractivity contribution < 1.29 is 9.90 Å². The Balaban J connectivity index is 2.70. The fourth-order valence-corrected chi connectivity index (χ4v) is 1.22. The van der Waals surface area contributed by atoms with E-state index in [1.165, 1.54) is 6.21 Å². The van der Waals surface area contributed by atoms with Crippen molar-refractivity contribution in [3.05, 3.63) is 35.9 Å². The number of carbonyl (C=O) groups is 1. The van der Waals surface area contributed by atoms with Crippen LogP contribution in [0.15, 0.2) is 35.3 Å². The number of benzene rings is 1. The van der Waals surface area contributed by atoms with Crippen molar-refractivity contribution in [2.45, 2.75) is 19.4 Å². The van der Waals surface area contributed by atoms with E-state index in [0.717, 1.165) is 5.56 Å². The Morgan fingerprint density at radius 3 is 2.64 bits per heavy atom. The highest BCUT2D eigenvalue weighted by atomic mass is 16.4. The minimum atomic E-state index is -0.882. The molecule has 0 aromatic heterocycles. The van der Waals surface area contributed by atoms with Gasteiger partial charge >= 0.3 is 5.97 Å². The maximum Gasteiger partial charge on any atom is 0.328 e. The van der Waals surface area contributed by atoms with Gasteiger partial charge in [0.1, 0.15) is 0 Å². The van der Waals surface area contributed by atoms with E-state index in [1.54, 1.807) is 6.92 Å². The van der Waals surface area contributed by atoms with E-state index in [-0.39, 0.29) is 0 Å². The highest BCUT2D eigenvalue weighted by Crippen LogP contribution is 2.05. The second kappa shape index (κ2) is 5.17. The highest BCUT2D eigenvalue weighted by molar-refractivity contribution is 5.76. The molecule has 0 unspecified atom stereocenters. The van der Waals surface area contributed by atoms with Crippen LogP contribution in [0.2, 0.25) is 0 Å². The zero-order chi connectivity index (χ0) is 10.4. The smallest absolute Gasteiger partial charge is 0.328 e. The zero-order valence-corrected chi connectivity index (χ0v) is 8.05. The summed E-state index contributed by atoms with van der Waals surface area (Å²) in [5.41, 5.74) is 0.991. The summed E-state index contributed by atoms with van der Waals surface area (Å²) in [4.78, 5) is 14.7. The molecule has 0 radical (unpaired) electrons. The maximum atomic E-state index is 10.8. The van der Waals surface area contributed by atoms with Crippen molar-refractivity contribution in [3.63, 3.8) is 0 Å². The molecule has 0 amide bonds. The van der Waals surface area contributed by atoms with Crippen LogP contribution in [0, 0.1) is 0 Å². The number of hydrogen-bond donors (Lipinski definition) is 1. The van der Waals surface area contributed by atoms with Gasteiger partial charge in [0.2, 0.25) is 0 Å². The molecule has 74 valence electrons. The highest BCUT2D eigenvalue weighted by Gasteiger charge is 2.14. The molecule has 1 atom stereocenters. The molecule has 1 aromatic rings. The average molecular weight is 191 g/mol. The summed E-state index contributed by atoms with van der Waals surface area (Å²) in [6.07, 6.45) is 1.97. The van der Waals surface area contributed by atoms with E-state index in [2.05, 4.69) is 4.99 Å². The molecule has 3 heteroatoms. The van der Waals surface area contributed by atoms with Crippen LogP contribution in [-0.2, 0) is 11.2 Å². The lowest BCUT2D eigenvalue weighted by molar-refractivity contribution is -0.138. The minimum absolute atomic E-state index is 0.445. The predicted molar refractivity (Wildman–Crippen MR) is 55.7 cm³/mol. The molecule has 1 aromatic carbocycles. The Hall–Kier alpha value is -1.64. The Morgan fingerprint density at radius 1 is 1.50 bits per heavy atom. The summed E-state index contributed by atoms with van der Waals surface area (Å²) in [6.45, 7) is 1.72. The van der Waals surface area contributed by atoms with Crippen molar-refractivity contribution >= 4 is 12.2 Å². The molecule has 0 bridgehead atoms. The van der Waals surface area contributed by atoms with E-state index in [9.17, 15) is 4.79 Å². The Bertz CT molecular complexity index is 319. The van der Waals surface area contributed by atoms with Gasteiger partial charge in [0.15, 0.2) is 6.04 Å². The van der Waals surface area contributed by atoms with E-state index >= 15 is 0 Å². The van der Waals surface area contributed by atoms with Gasteiger partial charge in [0, 0.05) is 6.42 Å². The fourth-order valence-electron chi connectivity index (χ4n) is 1.22. The predicted octanol–water partition coefficient (Wildman–Crippen LogP) is 1.77. The molecule has 1 rings (SSSR count). The number of hydrogen-bond acceptors (Lipinski definition) is 2. The molecular weight excluding hydrogens is 178 g/mol. The Labute approximate surface area is 83.1 Å². The molecule has 0 aliphatic carbocycles. The SMILES string of the molecule is CC=N[C@@H](Cc1ccccc1)C(=O)O. The lowest BCUT2D eigenvalue weighted by Gasteiger charge is -2.06. The number of rotatable bonds is 4. The molecule has 0 aliphatic heterocycles. The summed E-state index contributed by atoms with van der Waals surface area (Å²) in [5, 5.41) is 8.85. The van der Waals surface area contributed by atoms with Crippen LogP contribution < -0.4 is 0 Å². The Kier molecular flexibility index (Phi) is 3.85. The summed E-state index contributed by atoms with van der Waals surface area (Å²) in [5.74, 6) is -0.882. The minimum Gasteiger partial charge on any atom is -0.480 e.